The molecule has 0 aliphatic heterocycles. The van der Waals surface area contributed by atoms with Crippen molar-refractivity contribution in [1.29, 1.82) is 0 Å². The van der Waals surface area contributed by atoms with Crippen LogP contribution in [-0.2, 0) is 19.1 Å². The molecule has 0 amide bonds. The van der Waals surface area contributed by atoms with Crippen LogP contribution in [0.15, 0.2) is 11.6 Å². The first-order valence-corrected chi connectivity index (χ1v) is 12.6. The minimum Gasteiger partial charge on any atom is -0.469 e. The lowest BCUT2D eigenvalue weighted by molar-refractivity contribution is -0.151. The largest absolute Gasteiger partial charge is 0.469 e. The predicted octanol–water partition coefficient (Wildman–Crippen LogP) is 6.09. The zero-order valence-electron chi connectivity index (χ0n) is 20.2. The zero-order chi connectivity index (χ0) is 22.4. The molecule has 3 saturated carbocycles. The second-order valence-corrected chi connectivity index (χ2v) is 11.6. The Balaban J connectivity index is 1.50. The summed E-state index contributed by atoms with van der Waals surface area (Å²) in [6, 6.07) is 0. The van der Waals surface area contributed by atoms with Crippen molar-refractivity contribution in [3.8, 4) is 0 Å². The molecule has 4 heteroatoms. The normalized spacial score (nSPS) is 42.5. The van der Waals surface area contributed by atoms with Crippen LogP contribution in [0.5, 0.6) is 0 Å². The van der Waals surface area contributed by atoms with E-state index in [1.54, 1.807) is 5.57 Å². The number of carbonyl (C=O) groups excluding carboxylic acids is 2. The van der Waals surface area contributed by atoms with Crippen molar-refractivity contribution in [2.75, 3.05) is 7.11 Å². The van der Waals surface area contributed by atoms with Gasteiger partial charge in [-0.25, -0.2) is 0 Å². The van der Waals surface area contributed by atoms with Crippen LogP contribution in [0.1, 0.15) is 91.9 Å². The average Bonchev–Trinajstić information content (AvgIpc) is 3.09. The highest BCUT2D eigenvalue weighted by Gasteiger charge is 2.57. The molecule has 4 rings (SSSR count). The number of hydrogen-bond acceptors (Lipinski definition) is 4. The highest BCUT2D eigenvalue weighted by atomic mass is 16.5. The molecule has 0 aromatic rings. The molecule has 4 nitrogen and oxygen atoms in total. The molecule has 0 radical (unpaired) electrons. The molecule has 3 fully saturated rings. The molecule has 0 N–H and O–H groups in total. The Morgan fingerprint density at radius 2 is 1.94 bits per heavy atom. The highest BCUT2D eigenvalue weighted by Crippen LogP contribution is 2.66. The third-order valence-electron chi connectivity index (χ3n) is 10.1. The van der Waals surface area contributed by atoms with Gasteiger partial charge >= 0.3 is 11.9 Å². The smallest absolute Gasteiger partial charge is 0.305 e. The van der Waals surface area contributed by atoms with Crippen molar-refractivity contribution in [3.05, 3.63) is 11.6 Å². The molecule has 0 bridgehead atoms. The summed E-state index contributed by atoms with van der Waals surface area (Å²) >= 11 is 0. The molecule has 0 aromatic carbocycles. The van der Waals surface area contributed by atoms with Gasteiger partial charge in [-0.2, -0.15) is 0 Å². The third-order valence-corrected chi connectivity index (χ3v) is 10.1. The summed E-state index contributed by atoms with van der Waals surface area (Å²) in [6.07, 6.45) is 13.8. The van der Waals surface area contributed by atoms with Crippen LogP contribution in [0.4, 0.5) is 0 Å². The summed E-state index contributed by atoms with van der Waals surface area (Å²) in [4.78, 5) is 23.1. The van der Waals surface area contributed by atoms with Gasteiger partial charge in [0.15, 0.2) is 0 Å². The van der Waals surface area contributed by atoms with Crippen molar-refractivity contribution in [1.82, 2.24) is 0 Å². The summed E-state index contributed by atoms with van der Waals surface area (Å²) in [5.41, 5.74) is 2.40. The first-order chi connectivity index (χ1) is 14.7. The van der Waals surface area contributed by atoms with Gasteiger partial charge in [0.25, 0.3) is 0 Å². The van der Waals surface area contributed by atoms with E-state index in [4.69, 9.17) is 9.47 Å². The molecule has 4 aliphatic carbocycles. The summed E-state index contributed by atoms with van der Waals surface area (Å²) in [5, 5.41) is 0. The quantitative estimate of drug-likeness (QED) is 0.391. The van der Waals surface area contributed by atoms with Gasteiger partial charge in [-0.1, -0.05) is 32.4 Å². The number of fused-ring (bicyclic) bond motifs is 5. The van der Waals surface area contributed by atoms with Crippen molar-refractivity contribution in [2.45, 2.75) is 98.0 Å². The van der Waals surface area contributed by atoms with E-state index in [-0.39, 0.29) is 23.5 Å². The molecule has 174 valence electrons. The van der Waals surface area contributed by atoms with Crippen molar-refractivity contribution in [3.63, 3.8) is 0 Å². The SMILES string of the molecule is COC(=O)CC[C@H](C)[C@@H]1CC[C@@H]2[C@@H]3CC[C@@H]4C[C@H](OC(C)=O)CC[C@@]4(C)C3=CC[C@]21C. The fraction of sp³-hybridized carbons (Fsp3) is 0.852. The van der Waals surface area contributed by atoms with E-state index in [1.807, 2.05) is 0 Å². The van der Waals surface area contributed by atoms with Crippen LogP contribution in [0.25, 0.3) is 0 Å². The number of ether oxygens (including phenoxy) is 2. The van der Waals surface area contributed by atoms with Gasteiger partial charge in [-0.3, -0.25) is 9.59 Å². The molecule has 0 aromatic heterocycles. The first-order valence-electron chi connectivity index (χ1n) is 12.6. The standard InChI is InChI=1S/C27H42O4/c1-17(6-11-25(29)30-5)22-9-10-23-21-8-7-19-16-20(31-18(2)28)12-14-26(19,3)24(21)13-15-27(22,23)4/h13,17,19-23H,6-12,14-16H2,1-5H3/t17-,19+,20+,21-,22-,23+,26+,27-/m0/s1. The molecular weight excluding hydrogens is 388 g/mol. The van der Waals surface area contributed by atoms with E-state index in [0.29, 0.717) is 29.6 Å². The van der Waals surface area contributed by atoms with Gasteiger partial charge in [-0.15, -0.1) is 0 Å². The number of methoxy groups -OCH3 is 1. The number of esters is 2. The van der Waals surface area contributed by atoms with Gasteiger partial charge in [0.05, 0.1) is 7.11 Å². The fourth-order valence-corrected chi connectivity index (χ4v) is 8.45. The van der Waals surface area contributed by atoms with Crippen LogP contribution in [0.2, 0.25) is 0 Å². The number of hydrogen-bond donors (Lipinski definition) is 0. The van der Waals surface area contributed by atoms with Crippen molar-refractivity contribution < 1.29 is 19.1 Å². The molecule has 4 aliphatic rings. The minimum absolute atomic E-state index is 0.0759. The summed E-state index contributed by atoms with van der Waals surface area (Å²) < 4.78 is 10.5. The van der Waals surface area contributed by atoms with E-state index in [2.05, 4.69) is 26.8 Å². The molecule has 0 saturated heterocycles. The van der Waals surface area contributed by atoms with Gasteiger partial charge in [-0.05, 0) is 98.2 Å². The number of rotatable bonds is 5. The van der Waals surface area contributed by atoms with E-state index in [0.717, 1.165) is 37.5 Å². The molecule has 0 heterocycles. The van der Waals surface area contributed by atoms with Gasteiger partial charge in [0, 0.05) is 13.3 Å². The molecular formula is C27H42O4. The summed E-state index contributed by atoms with van der Waals surface area (Å²) in [7, 11) is 1.49. The second kappa shape index (κ2) is 8.56. The van der Waals surface area contributed by atoms with E-state index >= 15 is 0 Å². The Labute approximate surface area is 188 Å². The van der Waals surface area contributed by atoms with E-state index in [9.17, 15) is 9.59 Å². The lowest BCUT2D eigenvalue weighted by Crippen LogP contribution is -2.49. The third kappa shape index (κ3) is 3.97. The summed E-state index contributed by atoms with van der Waals surface area (Å²) in [6.45, 7) is 8.95. The Bertz CT molecular complexity index is 742. The Hall–Kier alpha value is -1.32. The lowest BCUT2D eigenvalue weighted by Gasteiger charge is -2.57. The van der Waals surface area contributed by atoms with Crippen LogP contribution in [-0.4, -0.2) is 25.2 Å². The first kappa shape index (κ1) is 22.9. The van der Waals surface area contributed by atoms with Crippen LogP contribution < -0.4 is 0 Å². The predicted molar refractivity (Wildman–Crippen MR) is 121 cm³/mol. The minimum atomic E-state index is -0.131. The number of carbonyl (C=O) groups is 2. The average molecular weight is 431 g/mol. The molecule has 8 atom stereocenters. The Kier molecular flexibility index (Phi) is 6.31. The summed E-state index contributed by atoms with van der Waals surface area (Å²) in [5.74, 6) is 3.21. The van der Waals surface area contributed by atoms with E-state index in [1.165, 1.54) is 46.1 Å². The maximum absolute atomic E-state index is 11.7. The molecule has 31 heavy (non-hydrogen) atoms. The van der Waals surface area contributed by atoms with Gasteiger partial charge in [0.2, 0.25) is 0 Å². The molecule has 0 unspecified atom stereocenters. The van der Waals surface area contributed by atoms with Crippen LogP contribution in [0, 0.1) is 40.4 Å². The number of allylic oxidation sites excluding steroid dienone is 2. The van der Waals surface area contributed by atoms with Crippen molar-refractivity contribution in [2.24, 2.45) is 40.4 Å². The highest BCUT2D eigenvalue weighted by molar-refractivity contribution is 5.69. The molecule has 0 spiro atoms. The second-order valence-electron chi connectivity index (χ2n) is 11.6. The van der Waals surface area contributed by atoms with Gasteiger partial charge in [0.1, 0.15) is 6.10 Å². The monoisotopic (exact) mass is 430 g/mol. The maximum atomic E-state index is 11.7. The fourth-order valence-electron chi connectivity index (χ4n) is 8.45. The van der Waals surface area contributed by atoms with Crippen molar-refractivity contribution >= 4 is 11.9 Å². The maximum Gasteiger partial charge on any atom is 0.305 e. The topological polar surface area (TPSA) is 52.6 Å². The van der Waals surface area contributed by atoms with Crippen LogP contribution >= 0.6 is 0 Å². The van der Waals surface area contributed by atoms with Gasteiger partial charge < -0.3 is 9.47 Å². The Morgan fingerprint density at radius 3 is 2.65 bits per heavy atom. The van der Waals surface area contributed by atoms with Crippen LogP contribution in [0.3, 0.4) is 0 Å². The van der Waals surface area contributed by atoms with E-state index < -0.39 is 0 Å². The zero-order valence-corrected chi connectivity index (χ0v) is 20.2. The lowest BCUT2D eigenvalue weighted by atomic mass is 9.48. The Morgan fingerprint density at radius 1 is 1.16 bits per heavy atom.